The average Bonchev–Trinajstić information content (AvgIpc) is 2.69. The van der Waals surface area contributed by atoms with Crippen molar-refractivity contribution in [3.8, 4) is 0 Å². The van der Waals surface area contributed by atoms with Crippen LogP contribution in [0.2, 0.25) is 0 Å². The molecule has 0 saturated carbocycles. The van der Waals surface area contributed by atoms with Crippen molar-refractivity contribution >= 4 is 11.9 Å². The van der Waals surface area contributed by atoms with E-state index in [1.807, 2.05) is 0 Å². The third kappa shape index (κ3) is 7.34. The second-order valence-corrected chi connectivity index (χ2v) is 3.21. The number of nitrogens with one attached hydrogen (secondary N) is 2. The van der Waals surface area contributed by atoms with Gasteiger partial charge in [-0.1, -0.05) is 6.58 Å². The van der Waals surface area contributed by atoms with Gasteiger partial charge in [0.15, 0.2) is 0 Å². The maximum Gasteiger partial charge on any atom is 0.490 e. The molecular formula is C9H13F3N2O3. The number of carboxylic acid groups (broad SMARTS) is 1. The number of amides is 1. The quantitative estimate of drug-likeness (QED) is 0.619. The van der Waals surface area contributed by atoms with Crippen LogP contribution in [0.25, 0.3) is 0 Å². The van der Waals surface area contributed by atoms with Gasteiger partial charge in [0.2, 0.25) is 5.91 Å². The first-order valence-corrected chi connectivity index (χ1v) is 4.71. The van der Waals surface area contributed by atoms with Crippen molar-refractivity contribution in [2.24, 2.45) is 0 Å². The van der Waals surface area contributed by atoms with Crippen LogP contribution in [-0.4, -0.2) is 42.3 Å². The summed E-state index contributed by atoms with van der Waals surface area (Å²) in [5, 5.41) is 13.1. The fourth-order valence-electron chi connectivity index (χ4n) is 1.04. The minimum absolute atomic E-state index is 0.0753. The molecule has 0 bridgehead atoms. The highest BCUT2D eigenvalue weighted by atomic mass is 19.4. The second-order valence-electron chi connectivity index (χ2n) is 3.21. The molecule has 5 nitrogen and oxygen atoms in total. The van der Waals surface area contributed by atoms with E-state index in [-0.39, 0.29) is 5.91 Å². The zero-order valence-corrected chi connectivity index (χ0v) is 8.88. The number of hydrogen-bond acceptors (Lipinski definition) is 3. The molecule has 17 heavy (non-hydrogen) atoms. The largest absolute Gasteiger partial charge is 0.490 e. The fourth-order valence-corrected chi connectivity index (χ4v) is 1.04. The number of carboxylic acids is 1. The number of aliphatic carboxylic acids is 1. The first-order valence-electron chi connectivity index (χ1n) is 4.71. The molecule has 0 aromatic carbocycles. The van der Waals surface area contributed by atoms with Gasteiger partial charge < -0.3 is 15.7 Å². The zero-order valence-electron chi connectivity index (χ0n) is 8.88. The van der Waals surface area contributed by atoms with Crippen LogP contribution in [0.4, 0.5) is 13.2 Å². The summed E-state index contributed by atoms with van der Waals surface area (Å²) in [6.45, 7) is 5.26. The summed E-state index contributed by atoms with van der Waals surface area (Å²) < 4.78 is 31.7. The summed E-state index contributed by atoms with van der Waals surface area (Å²) in [5.74, 6) is -2.83. The van der Waals surface area contributed by atoms with Crippen LogP contribution in [0.1, 0.15) is 6.42 Å². The zero-order chi connectivity index (χ0) is 13.5. The molecule has 0 aromatic rings. The van der Waals surface area contributed by atoms with Gasteiger partial charge in [-0.25, -0.2) is 4.79 Å². The molecule has 1 rings (SSSR count). The van der Waals surface area contributed by atoms with Crippen molar-refractivity contribution in [3.05, 3.63) is 12.7 Å². The van der Waals surface area contributed by atoms with E-state index in [2.05, 4.69) is 17.2 Å². The maximum absolute atomic E-state index is 10.7. The standard InChI is InChI=1S/C7H12N2O.C2HF3O2/c1-2-7(10)9-6-3-4-8-5-6;3-2(4,5)1(6)7/h2,6,8H,1,3-5H2,(H,9,10);(H,6,7)/t6-;/m0./s1. The molecule has 1 amide bonds. The highest BCUT2D eigenvalue weighted by Crippen LogP contribution is 2.13. The van der Waals surface area contributed by atoms with Gasteiger partial charge in [0.1, 0.15) is 0 Å². The molecule has 8 heteroatoms. The van der Waals surface area contributed by atoms with Crippen LogP contribution in [0.15, 0.2) is 12.7 Å². The van der Waals surface area contributed by atoms with Crippen LogP contribution in [0.5, 0.6) is 0 Å². The van der Waals surface area contributed by atoms with E-state index in [1.54, 1.807) is 0 Å². The third-order valence-corrected chi connectivity index (χ3v) is 1.83. The number of carbonyl (C=O) groups excluding carboxylic acids is 1. The van der Waals surface area contributed by atoms with Gasteiger partial charge in [0.25, 0.3) is 0 Å². The number of rotatable bonds is 2. The average molecular weight is 254 g/mol. The summed E-state index contributed by atoms with van der Waals surface area (Å²) in [7, 11) is 0. The molecule has 1 heterocycles. The molecule has 0 aliphatic carbocycles. The van der Waals surface area contributed by atoms with Crippen LogP contribution in [0.3, 0.4) is 0 Å². The van der Waals surface area contributed by atoms with Gasteiger partial charge in [0.05, 0.1) is 0 Å². The van der Waals surface area contributed by atoms with Crippen molar-refractivity contribution in [3.63, 3.8) is 0 Å². The summed E-state index contributed by atoms with van der Waals surface area (Å²) >= 11 is 0. The maximum atomic E-state index is 10.7. The Morgan fingerprint density at radius 3 is 2.29 bits per heavy atom. The lowest BCUT2D eigenvalue weighted by atomic mass is 10.2. The van der Waals surface area contributed by atoms with E-state index in [0.29, 0.717) is 6.04 Å². The van der Waals surface area contributed by atoms with E-state index >= 15 is 0 Å². The van der Waals surface area contributed by atoms with Crippen molar-refractivity contribution in [2.45, 2.75) is 18.6 Å². The van der Waals surface area contributed by atoms with E-state index < -0.39 is 12.1 Å². The molecule has 0 spiro atoms. The lowest BCUT2D eigenvalue weighted by Crippen LogP contribution is -2.34. The molecule has 0 aromatic heterocycles. The van der Waals surface area contributed by atoms with Gasteiger partial charge in [-0.05, 0) is 19.0 Å². The normalized spacial score (nSPS) is 18.9. The summed E-state index contributed by atoms with van der Waals surface area (Å²) in [4.78, 5) is 19.6. The topological polar surface area (TPSA) is 78.4 Å². The van der Waals surface area contributed by atoms with Crippen molar-refractivity contribution in [1.82, 2.24) is 10.6 Å². The SMILES string of the molecule is C=CC(=O)N[C@H]1CCNC1.O=C(O)C(F)(F)F. The first-order chi connectivity index (χ1) is 7.77. The predicted molar refractivity (Wildman–Crippen MR) is 53.3 cm³/mol. The number of carbonyl (C=O) groups is 2. The Kier molecular flexibility index (Phi) is 6.26. The molecule has 1 fully saturated rings. The van der Waals surface area contributed by atoms with Gasteiger partial charge in [-0.15, -0.1) is 0 Å². The van der Waals surface area contributed by atoms with Crippen LogP contribution in [0, 0.1) is 0 Å². The Balaban J connectivity index is 0.000000325. The summed E-state index contributed by atoms with van der Waals surface area (Å²) in [5.41, 5.74) is 0. The lowest BCUT2D eigenvalue weighted by molar-refractivity contribution is -0.192. The Labute approximate surface area is 95.7 Å². The molecule has 1 aliphatic rings. The van der Waals surface area contributed by atoms with E-state index in [9.17, 15) is 18.0 Å². The van der Waals surface area contributed by atoms with Gasteiger partial charge >= 0.3 is 12.1 Å². The minimum Gasteiger partial charge on any atom is -0.475 e. The van der Waals surface area contributed by atoms with Crippen molar-refractivity contribution < 1.29 is 27.9 Å². The lowest BCUT2D eigenvalue weighted by Gasteiger charge is -2.07. The Hall–Kier alpha value is -1.57. The Morgan fingerprint density at radius 2 is 2.00 bits per heavy atom. The monoisotopic (exact) mass is 254 g/mol. The van der Waals surface area contributed by atoms with Crippen molar-refractivity contribution in [2.75, 3.05) is 13.1 Å². The van der Waals surface area contributed by atoms with E-state index in [1.165, 1.54) is 6.08 Å². The second kappa shape index (κ2) is 6.89. The van der Waals surface area contributed by atoms with Gasteiger partial charge in [-0.3, -0.25) is 4.79 Å². The van der Waals surface area contributed by atoms with Gasteiger partial charge in [0, 0.05) is 12.6 Å². The molecule has 1 saturated heterocycles. The highest BCUT2D eigenvalue weighted by molar-refractivity contribution is 5.87. The fraction of sp³-hybridized carbons (Fsp3) is 0.556. The van der Waals surface area contributed by atoms with Crippen LogP contribution in [-0.2, 0) is 9.59 Å². The van der Waals surface area contributed by atoms with Crippen LogP contribution < -0.4 is 10.6 Å². The predicted octanol–water partition coefficient (Wildman–Crippen LogP) is 0.284. The third-order valence-electron chi connectivity index (χ3n) is 1.83. The molecule has 3 N–H and O–H groups in total. The molecule has 0 unspecified atom stereocenters. The Morgan fingerprint density at radius 1 is 1.47 bits per heavy atom. The molecule has 98 valence electrons. The number of alkyl halides is 3. The van der Waals surface area contributed by atoms with Crippen molar-refractivity contribution in [1.29, 1.82) is 0 Å². The number of halogens is 3. The minimum atomic E-state index is -5.08. The smallest absolute Gasteiger partial charge is 0.475 e. The summed E-state index contributed by atoms with van der Waals surface area (Å²) in [6, 6.07) is 0.311. The molecule has 1 atom stereocenters. The van der Waals surface area contributed by atoms with Gasteiger partial charge in [-0.2, -0.15) is 13.2 Å². The number of hydrogen-bond donors (Lipinski definition) is 3. The highest BCUT2D eigenvalue weighted by Gasteiger charge is 2.38. The van der Waals surface area contributed by atoms with Crippen LogP contribution >= 0.6 is 0 Å². The van der Waals surface area contributed by atoms with E-state index in [4.69, 9.17) is 9.90 Å². The summed E-state index contributed by atoms with van der Waals surface area (Å²) in [6.07, 6.45) is -2.75. The first kappa shape index (κ1) is 15.4. The molecular weight excluding hydrogens is 241 g/mol. The molecule has 1 aliphatic heterocycles. The molecule has 0 radical (unpaired) electrons. The Bertz CT molecular complexity index is 286. The van der Waals surface area contributed by atoms with E-state index in [0.717, 1.165) is 19.5 Å².